The third-order valence-electron chi connectivity index (χ3n) is 6.48. The van der Waals surface area contributed by atoms with Gasteiger partial charge in [-0.25, -0.2) is 0 Å². The number of allylic oxidation sites excluding steroid dienone is 2. The van der Waals surface area contributed by atoms with Gasteiger partial charge < -0.3 is 4.57 Å². The summed E-state index contributed by atoms with van der Waals surface area (Å²) in [7, 11) is 0. The van der Waals surface area contributed by atoms with Gasteiger partial charge in [-0.3, -0.25) is 0 Å². The molecule has 1 nitrogen and oxygen atoms in total. The second-order valence-electron chi connectivity index (χ2n) is 8.51. The molecule has 0 aliphatic rings. The molecule has 0 saturated heterocycles. The van der Waals surface area contributed by atoms with Gasteiger partial charge in [-0.15, -0.1) is 0 Å². The maximum atomic E-state index is 2.37. The van der Waals surface area contributed by atoms with Crippen LogP contribution in [-0.2, 0) is 0 Å². The molecule has 32 heavy (non-hydrogen) atoms. The molecular formula is C31H29N. The Balaban J connectivity index is 1.55. The molecule has 1 aromatic heterocycles. The van der Waals surface area contributed by atoms with Gasteiger partial charge in [-0.05, 0) is 72.4 Å². The highest BCUT2D eigenvalue weighted by atomic mass is 15.0. The summed E-state index contributed by atoms with van der Waals surface area (Å²) < 4.78 is 2.37. The lowest BCUT2D eigenvalue weighted by Crippen LogP contribution is -1.94. The van der Waals surface area contributed by atoms with E-state index in [4.69, 9.17) is 0 Å². The Labute approximate surface area is 190 Å². The number of benzene rings is 4. The van der Waals surface area contributed by atoms with E-state index in [0.717, 1.165) is 6.42 Å². The first-order valence-corrected chi connectivity index (χ1v) is 11.6. The summed E-state index contributed by atoms with van der Waals surface area (Å²) in [5.74, 6) is 0. The predicted molar refractivity (Wildman–Crippen MR) is 140 cm³/mol. The van der Waals surface area contributed by atoms with E-state index in [0.29, 0.717) is 0 Å². The minimum atomic E-state index is 1.13. The van der Waals surface area contributed by atoms with Crippen LogP contribution in [0.4, 0.5) is 0 Å². The van der Waals surface area contributed by atoms with Crippen LogP contribution in [-0.4, -0.2) is 4.57 Å². The molecule has 5 rings (SSSR count). The first-order chi connectivity index (χ1) is 15.7. The Morgan fingerprint density at radius 2 is 1.34 bits per heavy atom. The molecule has 1 heterocycles. The molecule has 0 unspecified atom stereocenters. The number of aryl methyl sites for hydroxylation is 1. The maximum Gasteiger partial charge on any atom is 0.0541 e. The van der Waals surface area contributed by atoms with Gasteiger partial charge >= 0.3 is 0 Å². The second kappa shape index (κ2) is 8.51. The lowest BCUT2D eigenvalue weighted by atomic mass is 9.93. The normalized spacial score (nSPS) is 12.0. The predicted octanol–water partition coefficient (Wildman–Crippen LogP) is 8.96. The van der Waals surface area contributed by atoms with Crippen LogP contribution in [0.3, 0.4) is 0 Å². The minimum Gasteiger partial charge on any atom is -0.309 e. The Hall–Kier alpha value is -3.58. The Morgan fingerprint density at radius 1 is 0.750 bits per heavy atom. The molecule has 5 aromatic rings. The lowest BCUT2D eigenvalue weighted by molar-refractivity contribution is 0.970. The lowest BCUT2D eigenvalue weighted by Gasteiger charge is -2.13. The molecule has 0 radical (unpaired) electrons. The second-order valence-corrected chi connectivity index (χ2v) is 8.51. The zero-order chi connectivity index (χ0) is 22.1. The van der Waals surface area contributed by atoms with Crippen molar-refractivity contribution in [3.63, 3.8) is 0 Å². The van der Waals surface area contributed by atoms with Gasteiger partial charge in [-0.2, -0.15) is 0 Å². The van der Waals surface area contributed by atoms with Crippen LogP contribution < -0.4 is 0 Å². The van der Waals surface area contributed by atoms with Gasteiger partial charge in [0.25, 0.3) is 0 Å². The molecular weight excluding hydrogens is 386 g/mol. The fraction of sp³-hybridized carbons (Fsp3) is 0.161. The van der Waals surface area contributed by atoms with Gasteiger partial charge in [0.2, 0.25) is 0 Å². The molecule has 0 amide bonds. The topological polar surface area (TPSA) is 4.93 Å². The number of hydrogen-bond donors (Lipinski definition) is 0. The molecule has 0 bridgehead atoms. The van der Waals surface area contributed by atoms with Crippen molar-refractivity contribution in [2.45, 2.75) is 33.6 Å². The van der Waals surface area contributed by atoms with E-state index in [-0.39, 0.29) is 0 Å². The Bertz CT molecular complexity index is 1380. The van der Waals surface area contributed by atoms with Crippen molar-refractivity contribution in [2.24, 2.45) is 0 Å². The number of nitrogens with zero attached hydrogens (tertiary/aromatic N) is 1. The van der Waals surface area contributed by atoms with Crippen LogP contribution in [0.2, 0.25) is 0 Å². The van der Waals surface area contributed by atoms with Crippen molar-refractivity contribution in [3.8, 4) is 16.8 Å². The molecule has 1 heteroatoms. The standard InChI is InChI=1S/C31H29N/c1-4-10-23(5-2)27-20-17-25(21-22(27)3)24-15-18-26(19-16-24)32-30-13-8-6-11-28(30)29-12-7-9-14-31(29)32/h5-9,11-21H,4,10H2,1-3H3/b23-5+. The van der Waals surface area contributed by atoms with Gasteiger partial charge in [0.15, 0.2) is 0 Å². The van der Waals surface area contributed by atoms with E-state index >= 15 is 0 Å². The molecule has 158 valence electrons. The first-order valence-electron chi connectivity index (χ1n) is 11.6. The number of para-hydroxylation sites is 2. The van der Waals surface area contributed by atoms with Gasteiger partial charge in [-0.1, -0.05) is 86.2 Å². The van der Waals surface area contributed by atoms with Crippen molar-refractivity contribution < 1.29 is 0 Å². The molecule has 0 saturated carbocycles. The number of aromatic nitrogens is 1. The third-order valence-corrected chi connectivity index (χ3v) is 6.48. The van der Waals surface area contributed by atoms with Crippen LogP contribution in [0.25, 0.3) is 44.2 Å². The highest BCUT2D eigenvalue weighted by molar-refractivity contribution is 6.09. The van der Waals surface area contributed by atoms with Gasteiger partial charge in [0.1, 0.15) is 0 Å². The van der Waals surface area contributed by atoms with Crippen LogP contribution in [0.5, 0.6) is 0 Å². The molecule has 0 aliphatic heterocycles. The molecule has 4 aromatic carbocycles. The fourth-order valence-corrected chi connectivity index (χ4v) is 4.91. The number of rotatable bonds is 5. The maximum absolute atomic E-state index is 2.37. The Kier molecular flexibility index (Phi) is 5.41. The zero-order valence-corrected chi connectivity index (χ0v) is 19.1. The average Bonchev–Trinajstić information content (AvgIpc) is 3.17. The summed E-state index contributed by atoms with van der Waals surface area (Å²) in [4.78, 5) is 0. The SMILES string of the molecule is C/C=C(\CCC)c1ccc(-c2ccc(-n3c4ccccc4c4ccccc43)cc2)cc1C. The van der Waals surface area contributed by atoms with Crippen molar-refractivity contribution in [3.05, 3.63) is 108 Å². The highest BCUT2D eigenvalue weighted by Gasteiger charge is 2.12. The van der Waals surface area contributed by atoms with Gasteiger partial charge in [0, 0.05) is 16.5 Å². The summed E-state index contributed by atoms with van der Waals surface area (Å²) in [6.45, 7) is 6.61. The fourth-order valence-electron chi connectivity index (χ4n) is 4.91. The highest BCUT2D eigenvalue weighted by Crippen LogP contribution is 2.33. The van der Waals surface area contributed by atoms with E-state index in [2.05, 4.69) is 122 Å². The van der Waals surface area contributed by atoms with Crippen LogP contribution in [0.1, 0.15) is 37.8 Å². The summed E-state index contributed by atoms with van der Waals surface area (Å²) in [5, 5.41) is 2.59. The Morgan fingerprint density at radius 3 is 1.91 bits per heavy atom. The smallest absolute Gasteiger partial charge is 0.0541 e. The van der Waals surface area contributed by atoms with Crippen LogP contribution in [0, 0.1) is 6.92 Å². The molecule has 0 spiro atoms. The van der Waals surface area contributed by atoms with Crippen molar-refractivity contribution in [1.82, 2.24) is 4.57 Å². The van der Waals surface area contributed by atoms with E-state index in [1.165, 1.54) is 61.7 Å². The van der Waals surface area contributed by atoms with E-state index < -0.39 is 0 Å². The number of hydrogen-bond acceptors (Lipinski definition) is 0. The van der Waals surface area contributed by atoms with Gasteiger partial charge in [0.05, 0.1) is 11.0 Å². The average molecular weight is 416 g/mol. The molecule has 0 atom stereocenters. The van der Waals surface area contributed by atoms with Crippen molar-refractivity contribution in [2.75, 3.05) is 0 Å². The van der Waals surface area contributed by atoms with Crippen molar-refractivity contribution >= 4 is 27.4 Å². The summed E-state index contributed by atoms with van der Waals surface area (Å²) in [5.41, 5.74) is 10.4. The van der Waals surface area contributed by atoms with Crippen LogP contribution >= 0.6 is 0 Å². The van der Waals surface area contributed by atoms with E-state index in [1.807, 2.05) is 0 Å². The largest absolute Gasteiger partial charge is 0.309 e. The summed E-state index contributed by atoms with van der Waals surface area (Å²) in [6.07, 6.45) is 4.56. The summed E-state index contributed by atoms with van der Waals surface area (Å²) >= 11 is 0. The zero-order valence-electron chi connectivity index (χ0n) is 19.1. The quantitative estimate of drug-likeness (QED) is 0.270. The third kappa shape index (κ3) is 3.44. The minimum absolute atomic E-state index is 1.13. The number of fused-ring (bicyclic) bond motifs is 3. The molecule has 0 fully saturated rings. The first kappa shape index (κ1) is 20.3. The van der Waals surface area contributed by atoms with E-state index in [9.17, 15) is 0 Å². The van der Waals surface area contributed by atoms with Crippen molar-refractivity contribution in [1.29, 1.82) is 0 Å². The summed E-state index contributed by atoms with van der Waals surface area (Å²) in [6, 6.07) is 33.2. The molecule has 0 aliphatic carbocycles. The van der Waals surface area contributed by atoms with E-state index in [1.54, 1.807) is 0 Å². The van der Waals surface area contributed by atoms with Crippen LogP contribution in [0.15, 0.2) is 97.1 Å². The molecule has 0 N–H and O–H groups in total. The monoisotopic (exact) mass is 415 g/mol.